The minimum absolute atomic E-state index is 0.0650. The second-order valence-corrected chi connectivity index (χ2v) is 9.70. The van der Waals surface area contributed by atoms with Crippen molar-refractivity contribution in [2.75, 3.05) is 4.90 Å². The highest BCUT2D eigenvalue weighted by atomic mass is 32.2. The summed E-state index contributed by atoms with van der Waals surface area (Å²) >= 11 is 6.94. The van der Waals surface area contributed by atoms with Gasteiger partial charge in [-0.25, -0.2) is 0 Å². The molecule has 0 unspecified atom stereocenters. The van der Waals surface area contributed by atoms with Crippen molar-refractivity contribution in [2.45, 2.75) is 20.4 Å². The molecule has 3 nitrogen and oxygen atoms in total. The second kappa shape index (κ2) is 8.41. The molecule has 5 heteroatoms. The fourth-order valence-electron chi connectivity index (χ4n) is 4.16. The molecule has 0 N–H and O–H groups in total. The van der Waals surface area contributed by atoms with Gasteiger partial charge in [0, 0.05) is 29.2 Å². The number of carbonyl (C=O) groups is 1. The molecule has 0 bridgehead atoms. The average molecular weight is 455 g/mol. The van der Waals surface area contributed by atoms with Crippen LogP contribution in [0.15, 0.2) is 83.9 Å². The summed E-state index contributed by atoms with van der Waals surface area (Å²) in [5, 5.41) is 1.13. The Bertz CT molecular complexity index is 1400. The Kier molecular flexibility index (Phi) is 5.45. The molecule has 1 aromatic heterocycles. The molecule has 0 atom stereocenters. The quantitative estimate of drug-likeness (QED) is 0.253. The van der Waals surface area contributed by atoms with Gasteiger partial charge in [0.1, 0.15) is 0 Å². The lowest BCUT2D eigenvalue weighted by Gasteiger charge is -2.16. The maximum Gasteiger partial charge on any atom is 0.270 e. The summed E-state index contributed by atoms with van der Waals surface area (Å²) in [5.74, 6) is -0.0650. The number of carbonyl (C=O) groups excluding carboxylic acids is 1. The molecule has 1 aliphatic rings. The fraction of sp³-hybridized carbons (Fsp3) is 0.111. The number of nitrogens with zero attached hydrogens (tertiary/aromatic N) is 2. The van der Waals surface area contributed by atoms with E-state index in [1.165, 1.54) is 22.9 Å². The van der Waals surface area contributed by atoms with Gasteiger partial charge in [-0.1, -0.05) is 90.2 Å². The van der Waals surface area contributed by atoms with Crippen molar-refractivity contribution in [1.29, 1.82) is 0 Å². The Morgan fingerprint density at radius 3 is 2.56 bits per heavy atom. The van der Waals surface area contributed by atoms with Gasteiger partial charge >= 0.3 is 0 Å². The number of hydrogen-bond acceptors (Lipinski definition) is 3. The van der Waals surface area contributed by atoms with Crippen LogP contribution in [0.3, 0.4) is 0 Å². The number of aromatic nitrogens is 1. The van der Waals surface area contributed by atoms with E-state index in [1.807, 2.05) is 43.3 Å². The van der Waals surface area contributed by atoms with E-state index in [0.29, 0.717) is 9.23 Å². The van der Waals surface area contributed by atoms with Gasteiger partial charge < -0.3 is 4.57 Å². The summed E-state index contributed by atoms with van der Waals surface area (Å²) in [5.41, 5.74) is 6.55. The first kappa shape index (κ1) is 20.7. The smallest absolute Gasteiger partial charge is 0.270 e. The minimum Gasteiger partial charge on any atom is -0.342 e. The van der Waals surface area contributed by atoms with Crippen molar-refractivity contribution >= 4 is 56.9 Å². The number of thiocarbonyl (C=S) groups is 1. The van der Waals surface area contributed by atoms with Gasteiger partial charge in [0.2, 0.25) is 0 Å². The third-order valence-electron chi connectivity index (χ3n) is 5.69. The third kappa shape index (κ3) is 3.78. The van der Waals surface area contributed by atoms with Gasteiger partial charge in [0.25, 0.3) is 5.91 Å². The SMILES string of the molecule is Cc1cccc(Cn2cc(/C=C3\SC(=S)N(c4ccccc4C)C3=O)c3ccccc32)c1. The van der Waals surface area contributed by atoms with Crippen LogP contribution in [0.1, 0.15) is 22.3 Å². The van der Waals surface area contributed by atoms with Gasteiger partial charge in [0.05, 0.1) is 10.6 Å². The number of hydrogen-bond donors (Lipinski definition) is 0. The molecule has 1 amide bonds. The minimum atomic E-state index is -0.0650. The first-order valence-corrected chi connectivity index (χ1v) is 11.7. The van der Waals surface area contributed by atoms with Crippen LogP contribution in [0, 0.1) is 13.8 Å². The third-order valence-corrected chi connectivity index (χ3v) is 6.99. The number of aryl methyl sites for hydroxylation is 2. The first-order chi connectivity index (χ1) is 15.5. The molecule has 1 aliphatic heterocycles. The van der Waals surface area contributed by atoms with Crippen molar-refractivity contribution in [3.63, 3.8) is 0 Å². The number of thioether (sulfide) groups is 1. The maximum absolute atomic E-state index is 13.3. The molecule has 1 saturated heterocycles. The summed E-state index contributed by atoms with van der Waals surface area (Å²) in [6, 6.07) is 24.7. The molecular formula is C27H22N2OS2. The highest BCUT2D eigenvalue weighted by Crippen LogP contribution is 2.38. The van der Waals surface area contributed by atoms with Gasteiger partial charge in [-0.2, -0.15) is 0 Å². The highest BCUT2D eigenvalue weighted by Gasteiger charge is 2.34. The van der Waals surface area contributed by atoms with E-state index in [4.69, 9.17) is 12.2 Å². The Morgan fingerprint density at radius 1 is 0.969 bits per heavy atom. The summed E-state index contributed by atoms with van der Waals surface area (Å²) < 4.78 is 2.82. The van der Waals surface area contributed by atoms with E-state index < -0.39 is 0 Å². The molecule has 32 heavy (non-hydrogen) atoms. The van der Waals surface area contributed by atoms with Crippen LogP contribution < -0.4 is 4.90 Å². The summed E-state index contributed by atoms with van der Waals surface area (Å²) in [6.45, 7) is 4.88. The van der Waals surface area contributed by atoms with E-state index in [2.05, 4.69) is 60.2 Å². The largest absolute Gasteiger partial charge is 0.342 e. The maximum atomic E-state index is 13.3. The summed E-state index contributed by atoms with van der Waals surface area (Å²) in [6.07, 6.45) is 4.11. The van der Waals surface area contributed by atoms with Gasteiger partial charge in [-0.15, -0.1) is 0 Å². The van der Waals surface area contributed by atoms with Crippen LogP contribution in [0.25, 0.3) is 17.0 Å². The van der Waals surface area contributed by atoms with Crippen LogP contribution >= 0.6 is 24.0 Å². The van der Waals surface area contributed by atoms with E-state index in [9.17, 15) is 4.79 Å². The van der Waals surface area contributed by atoms with Crippen molar-refractivity contribution in [1.82, 2.24) is 4.57 Å². The molecule has 5 rings (SSSR count). The van der Waals surface area contributed by atoms with Crippen molar-refractivity contribution < 1.29 is 4.79 Å². The summed E-state index contributed by atoms with van der Waals surface area (Å²) in [7, 11) is 0. The lowest BCUT2D eigenvalue weighted by molar-refractivity contribution is -0.113. The molecule has 158 valence electrons. The monoisotopic (exact) mass is 454 g/mol. The molecule has 1 fully saturated rings. The Hall–Kier alpha value is -3.15. The number of amides is 1. The number of benzene rings is 3. The van der Waals surface area contributed by atoms with Crippen LogP contribution in [0.5, 0.6) is 0 Å². The van der Waals surface area contributed by atoms with Crippen LogP contribution in [0.2, 0.25) is 0 Å². The first-order valence-electron chi connectivity index (χ1n) is 10.5. The zero-order valence-corrected chi connectivity index (χ0v) is 19.5. The molecule has 4 aromatic rings. The zero-order chi connectivity index (χ0) is 22.2. The lowest BCUT2D eigenvalue weighted by Crippen LogP contribution is -2.28. The van der Waals surface area contributed by atoms with Crippen molar-refractivity contribution in [3.05, 3.63) is 106 Å². The number of rotatable bonds is 4. The van der Waals surface area contributed by atoms with Crippen molar-refractivity contribution in [2.24, 2.45) is 0 Å². The standard InChI is InChI=1S/C27H22N2OS2/c1-18-8-7-10-20(14-18)16-28-17-21(22-11-4-6-13-24(22)28)15-25-26(30)29(27(31)32-25)23-12-5-3-9-19(23)2/h3-15,17H,16H2,1-2H3/b25-15-. The number of para-hydroxylation sites is 2. The van der Waals surface area contributed by atoms with E-state index in [-0.39, 0.29) is 5.91 Å². The normalized spacial score (nSPS) is 15.3. The number of fused-ring (bicyclic) bond motifs is 1. The predicted molar refractivity (Wildman–Crippen MR) is 139 cm³/mol. The van der Waals surface area contributed by atoms with Gasteiger partial charge in [-0.05, 0) is 43.2 Å². The molecule has 2 heterocycles. The molecule has 0 aliphatic carbocycles. The molecule has 3 aromatic carbocycles. The van der Waals surface area contributed by atoms with E-state index in [0.717, 1.165) is 34.3 Å². The lowest BCUT2D eigenvalue weighted by atomic mass is 10.1. The Labute approximate surface area is 197 Å². The van der Waals surface area contributed by atoms with Crippen molar-refractivity contribution in [3.8, 4) is 0 Å². The Morgan fingerprint density at radius 2 is 1.75 bits per heavy atom. The molecular weight excluding hydrogens is 432 g/mol. The molecule has 0 radical (unpaired) electrons. The van der Waals surface area contributed by atoms with Crippen LogP contribution in [-0.2, 0) is 11.3 Å². The zero-order valence-electron chi connectivity index (χ0n) is 17.9. The van der Waals surface area contributed by atoms with Crippen LogP contribution in [0.4, 0.5) is 5.69 Å². The number of anilines is 1. The van der Waals surface area contributed by atoms with Gasteiger partial charge in [0.15, 0.2) is 4.32 Å². The average Bonchev–Trinajstić information content (AvgIpc) is 3.26. The highest BCUT2D eigenvalue weighted by molar-refractivity contribution is 8.27. The Balaban J connectivity index is 1.53. The molecule has 0 saturated carbocycles. The fourth-order valence-corrected chi connectivity index (χ4v) is 5.43. The van der Waals surface area contributed by atoms with E-state index >= 15 is 0 Å². The van der Waals surface area contributed by atoms with E-state index in [1.54, 1.807) is 4.90 Å². The predicted octanol–water partition coefficient (Wildman–Crippen LogP) is 6.71. The second-order valence-electron chi connectivity index (χ2n) is 8.02. The summed E-state index contributed by atoms with van der Waals surface area (Å²) in [4.78, 5) is 15.6. The van der Waals surface area contributed by atoms with Crippen LogP contribution in [-0.4, -0.2) is 14.8 Å². The topological polar surface area (TPSA) is 25.2 Å². The molecule has 0 spiro atoms. The van der Waals surface area contributed by atoms with Gasteiger partial charge in [-0.3, -0.25) is 9.69 Å².